The van der Waals surface area contributed by atoms with Gasteiger partial charge < -0.3 is 114 Å². The number of carbonyl (C=O) groups is 11. The number of fused-ring (bicyclic) bond motifs is 4. The topological polar surface area (TPSA) is 484 Å². The lowest BCUT2D eigenvalue weighted by Crippen LogP contribution is -2.61. The number of carboxylic acid groups (broad SMARTS) is 1. The van der Waals surface area contributed by atoms with Crippen LogP contribution in [0.5, 0.6) is 0 Å². The molecule has 10 amide bonds. The van der Waals surface area contributed by atoms with E-state index >= 15 is 0 Å². The molecule has 41 heteroatoms. The highest BCUT2D eigenvalue weighted by Crippen LogP contribution is 2.68. The molecule has 790 valence electrons. The second kappa shape index (κ2) is 59.0. The fourth-order valence-corrected chi connectivity index (χ4v) is 20.3. The fourth-order valence-electron chi connectivity index (χ4n) is 19.4. The van der Waals surface area contributed by atoms with E-state index in [0.29, 0.717) is 235 Å². The number of para-hydroxylation sites is 1. The Morgan fingerprint density at radius 3 is 1.81 bits per heavy atom. The molecule has 9 N–H and O–H groups in total. The molecule has 11 rings (SSSR count). The van der Waals surface area contributed by atoms with Crippen LogP contribution < -0.4 is 47.4 Å². The Kier molecular flexibility index (Phi) is 46.5. The molecule has 144 heavy (non-hydrogen) atoms. The van der Waals surface area contributed by atoms with Gasteiger partial charge >= 0.3 is 12.1 Å². The Balaban J connectivity index is 0.597. The average molecular weight is 2030 g/mol. The summed E-state index contributed by atoms with van der Waals surface area (Å²) in [6.45, 7) is 24.4. The number of rotatable bonds is 69. The molecule has 5 aliphatic rings. The van der Waals surface area contributed by atoms with E-state index in [2.05, 4.69) is 61.4 Å². The highest BCUT2D eigenvalue weighted by atomic mass is 32.1. The first-order valence-electron chi connectivity index (χ1n) is 50.2. The van der Waals surface area contributed by atoms with Crippen LogP contribution in [0.3, 0.4) is 0 Å². The van der Waals surface area contributed by atoms with E-state index in [-0.39, 0.29) is 123 Å². The van der Waals surface area contributed by atoms with Crippen molar-refractivity contribution in [3.8, 4) is 11.1 Å². The maximum absolute atomic E-state index is 14.3. The lowest BCUT2D eigenvalue weighted by Gasteiger charge is -2.66. The van der Waals surface area contributed by atoms with Crippen LogP contribution in [0.15, 0.2) is 97.2 Å². The van der Waals surface area contributed by atoms with E-state index in [0.717, 1.165) is 70.5 Å². The number of anilines is 3. The molecule has 6 aromatic rings. The van der Waals surface area contributed by atoms with Gasteiger partial charge in [0, 0.05) is 93.0 Å². The summed E-state index contributed by atoms with van der Waals surface area (Å²) < 4.78 is 81.3. The number of imide groups is 1. The molecule has 9 atom stereocenters. The summed E-state index contributed by atoms with van der Waals surface area (Å²) in [7, 11) is 1.63. The predicted molar refractivity (Wildman–Crippen MR) is 535 cm³/mol. The van der Waals surface area contributed by atoms with Gasteiger partial charge in [0.25, 0.3) is 17.7 Å². The third kappa shape index (κ3) is 36.0. The van der Waals surface area contributed by atoms with E-state index in [1.54, 1.807) is 70.5 Å². The number of thiazole rings is 1. The molecule has 0 spiro atoms. The maximum atomic E-state index is 14.3. The number of aromatic carboxylic acids is 1. The number of hydrogen-bond donors (Lipinski definition) is 9. The Hall–Kier alpha value is -10.9. The summed E-state index contributed by atoms with van der Waals surface area (Å²) in [6.07, 6.45) is 11.9. The zero-order valence-corrected chi connectivity index (χ0v) is 85.2. The van der Waals surface area contributed by atoms with Gasteiger partial charge in [0.2, 0.25) is 35.4 Å². The Bertz CT molecular complexity index is 5130. The average Bonchev–Trinajstić information content (AvgIpc) is 0.885. The number of ether oxygens (including phenoxy) is 14. The van der Waals surface area contributed by atoms with Gasteiger partial charge in [0.1, 0.15) is 43.2 Å². The molecule has 5 heterocycles. The van der Waals surface area contributed by atoms with Crippen LogP contribution in [0.2, 0.25) is 0 Å². The second-order valence-electron chi connectivity index (χ2n) is 37.9. The number of carboxylic acids is 1. The van der Waals surface area contributed by atoms with Crippen molar-refractivity contribution >= 4 is 103 Å². The first-order valence-corrected chi connectivity index (χ1v) is 51.0. The van der Waals surface area contributed by atoms with Crippen LogP contribution in [-0.2, 0) is 131 Å². The number of amides is 10. The molecule has 3 bridgehead atoms. The summed E-state index contributed by atoms with van der Waals surface area (Å²) in [4.78, 5) is 158. The van der Waals surface area contributed by atoms with Gasteiger partial charge in [0.05, 0.1) is 174 Å². The Morgan fingerprint density at radius 2 is 1.19 bits per heavy atom. The number of unbranched alkanes of at least 4 members (excludes halogenated alkanes) is 3. The molecule has 2 aliphatic heterocycles. The quantitative estimate of drug-likeness (QED) is 0.0127. The smallest absolute Gasteiger partial charge is 0.408 e. The van der Waals surface area contributed by atoms with E-state index in [9.17, 15) is 57.8 Å². The standard InChI is InChI=1S/C103H146N14O26S/c1-70(2)91(113-87(118)22-10-9-15-36-116-89(120)29-30-90(116)121)97(126)108-72(4)94(123)109-77-25-23-74(24-26-77)65-142-100(129)111-84(20-13-14-34-104-88(119)66-141-60-59-140-58-57-139-56-55-138-54-53-137-52-51-136-50-49-135-48-47-134-46-45-133-44-43-132-42-41-131-40-39-130-8)96(125)107-71(3)93(122)105-35-38-143-103-61-76(82-31-33-101(6,68-103)67-102(82,7)69-103)63-117-73(5)80(62-106-117)78-27-28-86(112-92(78)98(127)128)115-37-32-75-17-16-18-79(81(75)64-115)95(124)114-99-110-83-19-11-12-21-85(83)144-99/h11-12,16-19,21,23-30,62,70-72,76,82,84,91H,9-10,13-15,20,22,31-61,63-69H2,1-8H3,(H,104,119)(H,105,122)(H,107,125)(H,108,126)(H,109,123)(H,111,129)(H,113,118)(H,127,128)(H,110,114,124)/t71-,72+,76?,82?,84-,91+,101?,102?,103?/m1/s1. The van der Waals surface area contributed by atoms with Gasteiger partial charge in [-0.1, -0.05) is 81.9 Å². The van der Waals surface area contributed by atoms with Gasteiger partial charge in [0.15, 0.2) is 10.8 Å². The molecular formula is C103H146N14O26S. The van der Waals surface area contributed by atoms with Gasteiger partial charge in [-0.25, -0.2) is 19.6 Å². The van der Waals surface area contributed by atoms with Crippen molar-refractivity contribution in [2.24, 2.45) is 28.6 Å². The molecule has 0 radical (unpaired) electrons. The SMILES string of the molecule is COCCOCCOCCOCCOCCOCCOCCOCCOCCOCCOCCOCC(=O)NCCCC[C@@H](NC(=O)OCc1ccc(NC(=O)[C@H](C)NC(=O)[C@@H](NC(=O)CCCCCN2C(=O)C=CC2=O)C(C)C)cc1)C(=O)N[C@H](C)C(=O)NCCOC12CC(Cn3ncc(-c4ccc(N5CCc6cccc(C(=O)Nc7nc8ccccc8s7)c6C5)nc4C(=O)O)c3C)C3CCC(C)(C1)CC3(C)C2. The van der Waals surface area contributed by atoms with Crippen LogP contribution >= 0.6 is 11.3 Å². The zero-order valence-electron chi connectivity index (χ0n) is 84.3. The third-order valence-electron chi connectivity index (χ3n) is 26.3. The number of nitrogens with one attached hydrogen (secondary N) is 8. The van der Waals surface area contributed by atoms with Crippen molar-refractivity contribution in [2.45, 2.75) is 188 Å². The van der Waals surface area contributed by atoms with E-state index < -0.39 is 65.5 Å². The number of methoxy groups -OCH3 is 1. The number of benzene rings is 3. The highest BCUT2D eigenvalue weighted by molar-refractivity contribution is 7.22. The van der Waals surface area contributed by atoms with Crippen molar-refractivity contribution in [2.75, 3.05) is 207 Å². The van der Waals surface area contributed by atoms with Crippen LogP contribution in [0.4, 0.5) is 21.4 Å². The van der Waals surface area contributed by atoms with Crippen molar-refractivity contribution in [1.82, 2.24) is 56.5 Å². The van der Waals surface area contributed by atoms with Gasteiger partial charge in [-0.05, 0) is 186 Å². The lowest BCUT2D eigenvalue weighted by molar-refractivity contribution is -0.221. The zero-order chi connectivity index (χ0) is 103. The predicted octanol–water partition coefficient (Wildman–Crippen LogP) is 8.86. The Labute approximate surface area is 845 Å². The molecular weight excluding hydrogens is 1880 g/mol. The molecule has 3 aliphatic carbocycles. The summed E-state index contributed by atoms with van der Waals surface area (Å²) in [5, 5.41) is 38.7. The molecule has 3 fully saturated rings. The molecule has 0 saturated heterocycles. The van der Waals surface area contributed by atoms with Crippen molar-refractivity contribution < 1.29 is 124 Å². The molecule has 3 aromatic heterocycles. The van der Waals surface area contributed by atoms with E-state index in [1.807, 2.05) is 59.0 Å². The van der Waals surface area contributed by atoms with E-state index in [4.69, 9.17) is 76.4 Å². The second-order valence-corrected chi connectivity index (χ2v) is 38.9. The number of alkyl carbamates (subject to hydrolysis) is 1. The minimum atomic E-state index is -1.19. The number of aromatic nitrogens is 4. The van der Waals surface area contributed by atoms with Gasteiger partial charge in [-0.15, -0.1) is 0 Å². The first kappa shape index (κ1) is 113. The maximum Gasteiger partial charge on any atom is 0.408 e. The molecule has 40 nitrogen and oxygen atoms in total. The van der Waals surface area contributed by atoms with Crippen molar-refractivity contribution in [3.63, 3.8) is 0 Å². The third-order valence-corrected chi connectivity index (χ3v) is 27.2. The molecule has 3 saturated carbocycles. The fraction of sp³-hybridized carbons (Fsp3) is 0.612. The number of hydrogen-bond acceptors (Lipinski definition) is 30. The van der Waals surface area contributed by atoms with Crippen LogP contribution in [0, 0.1) is 35.5 Å². The lowest BCUT2D eigenvalue weighted by atomic mass is 9.42. The summed E-state index contributed by atoms with van der Waals surface area (Å²) in [6, 6.07) is 19.2. The van der Waals surface area contributed by atoms with Crippen molar-refractivity contribution in [3.05, 3.63) is 131 Å². The summed E-state index contributed by atoms with van der Waals surface area (Å²) in [5.41, 5.74) is 5.33. The number of carbonyl (C=O) groups excluding carboxylic acids is 10. The van der Waals surface area contributed by atoms with Crippen LogP contribution in [-0.4, -0.2) is 317 Å². The summed E-state index contributed by atoms with van der Waals surface area (Å²) >= 11 is 1.40. The number of nitrogens with zero attached hydrogens (tertiary/aromatic N) is 6. The number of pyridine rings is 1. The first-order chi connectivity index (χ1) is 69.6. The minimum Gasteiger partial charge on any atom is -0.476 e. The molecule has 5 unspecified atom stereocenters. The van der Waals surface area contributed by atoms with Crippen molar-refractivity contribution in [1.29, 1.82) is 0 Å². The minimum absolute atomic E-state index is 0.0364. The van der Waals surface area contributed by atoms with Gasteiger partial charge in [-0.2, -0.15) is 5.10 Å². The van der Waals surface area contributed by atoms with Gasteiger partial charge in [-0.3, -0.25) is 58.0 Å². The molecule has 3 aromatic carbocycles. The highest BCUT2D eigenvalue weighted by Gasteiger charge is 2.62. The van der Waals surface area contributed by atoms with Crippen LogP contribution in [0.1, 0.15) is 168 Å². The normalized spacial score (nSPS) is 18.7. The van der Waals surface area contributed by atoms with Crippen LogP contribution in [0.25, 0.3) is 21.3 Å². The monoisotopic (exact) mass is 2030 g/mol. The van der Waals surface area contributed by atoms with E-state index in [1.165, 1.54) is 30.4 Å². The largest absolute Gasteiger partial charge is 0.476 e. The summed E-state index contributed by atoms with van der Waals surface area (Å²) in [5.74, 6) is -4.51. The Morgan fingerprint density at radius 1 is 0.576 bits per heavy atom.